The summed E-state index contributed by atoms with van der Waals surface area (Å²) in [6, 6.07) is 4.55. The number of benzene rings is 1. The molecule has 1 fully saturated rings. The van der Waals surface area contributed by atoms with Crippen molar-refractivity contribution in [3.63, 3.8) is 0 Å². The molecule has 1 aromatic rings. The smallest absolute Gasteiger partial charge is 0.159 e. The quantitative estimate of drug-likeness (QED) is 0.826. The van der Waals surface area contributed by atoms with Gasteiger partial charge in [0.2, 0.25) is 0 Å². The molecule has 0 radical (unpaired) electrons. The van der Waals surface area contributed by atoms with Crippen LogP contribution in [0.3, 0.4) is 0 Å². The highest BCUT2D eigenvalue weighted by Crippen LogP contribution is 2.13. The van der Waals surface area contributed by atoms with Crippen LogP contribution < -0.4 is 5.32 Å². The van der Waals surface area contributed by atoms with Crippen molar-refractivity contribution in [2.24, 2.45) is 0 Å². The lowest BCUT2D eigenvalue weighted by Gasteiger charge is -2.33. The van der Waals surface area contributed by atoms with Crippen molar-refractivity contribution in [2.45, 2.75) is 19.5 Å². The monoisotopic (exact) mass is 226 g/mol. The van der Waals surface area contributed by atoms with Gasteiger partial charge in [-0.3, -0.25) is 4.90 Å². The molecule has 2 nitrogen and oxygen atoms in total. The lowest BCUT2D eigenvalue weighted by atomic mass is 10.1. The molecular weight excluding hydrogens is 210 g/mol. The van der Waals surface area contributed by atoms with Crippen LogP contribution in [0.15, 0.2) is 18.2 Å². The van der Waals surface area contributed by atoms with Gasteiger partial charge in [0, 0.05) is 32.2 Å². The molecule has 4 heteroatoms. The number of nitrogens with zero attached hydrogens (tertiary/aromatic N) is 1. The molecule has 0 bridgehead atoms. The second kappa shape index (κ2) is 4.89. The third-order valence-corrected chi connectivity index (χ3v) is 3.01. The Labute approximate surface area is 94.3 Å². The Morgan fingerprint density at radius 3 is 2.88 bits per heavy atom. The number of piperazine rings is 1. The van der Waals surface area contributed by atoms with Gasteiger partial charge in [-0.2, -0.15) is 0 Å². The predicted molar refractivity (Wildman–Crippen MR) is 59.1 cm³/mol. The fourth-order valence-corrected chi connectivity index (χ4v) is 1.99. The number of nitrogens with one attached hydrogen (secondary N) is 1. The first-order chi connectivity index (χ1) is 7.66. The van der Waals surface area contributed by atoms with Gasteiger partial charge in [-0.15, -0.1) is 0 Å². The Balaban J connectivity index is 2.05. The fraction of sp³-hybridized carbons (Fsp3) is 0.500. The van der Waals surface area contributed by atoms with Crippen LogP contribution >= 0.6 is 0 Å². The minimum atomic E-state index is -0.780. The van der Waals surface area contributed by atoms with Crippen molar-refractivity contribution in [3.8, 4) is 0 Å². The molecule has 1 aliphatic rings. The van der Waals surface area contributed by atoms with Gasteiger partial charge in [0.15, 0.2) is 11.6 Å². The van der Waals surface area contributed by atoms with Gasteiger partial charge in [-0.25, -0.2) is 8.78 Å². The number of halogens is 2. The summed E-state index contributed by atoms with van der Waals surface area (Å²) < 4.78 is 25.8. The number of hydrogen-bond acceptors (Lipinski definition) is 2. The molecule has 1 aromatic carbocycles. The molecule has 0 spiro atoms. The summed E-state index contributed by atoms with van der Waals surface area (Å²) in [5.41, 5.74) is 0.827. The van der Waals surface area contributed by atoms with E-state index in [1.54, 1.807) is 6.07 Å². The molecule has 1 aliphatic heterocycles. The van der Waals surface area contributed by atoms with Crippen molar-refractivity contribution in [1.29, 1.82) is 0 Å². The van der Waals surface area contributed by atoms with Crippen molar-refractivity contribution in [3.05, 3.63) is 35.4 Å². The van der Waals surface area contributed by atoms with E-state index in [-0.39, 0.29) is 0 Å². The largest absolute Gasteiger partial charge is 0.314 e. The molecule has 1 N–H and O–H groups in total. The highest BCUT2D eigenvalue weighted by atomic mass is 19.2. The van der Waals surface area contributed by atoms with E-state index in [2.05, 4.69) is 17.1 Å². The van der Waals surface area contributed by atoms with Crippen LogP contribution in [0.2, 0.25) is 0 Å². The maximum Gasteiger partial charge on any atom is 0.159 e. The van der Waals surface area contributed by atoms with Gasteiger partial charge in [0.25, 0.3) is 0 Å². The molecule has 0 unspecified atom stereocenters. The average molecular weight is 226 g/mol. The average Bonchev–Trinajstić information content (AvgIpc) is 2.27. The zero-order chi connectivity index (χ0) is 11.5. The van der Waals surface area contributed by atoms with Gasteiger partial charge < -0.3 is 5.32 Å². The molecule has 0 aromatic heterocycles. The zero-order valence-corrected chi connectivity index (χ0v) is 9.34. The summed E-state index contributed by atoms with van der Waals surface area (Å²) in [6.45, 7) is 5.66. The molecule has 1 saturated heterocycles. The van der Waals surface area contributed by atoms with E-state index in [1.807, 2.05) is 0 Å². The normalized spacial score (nSPS) is 22.3. The van der Waals surface area contributed by atoms with Crippen LogP contribution in [-0.2, 0) is 6.54 Å². The fourth-order valence-electron chi connectivity index (χ4n) is 1.99. The molecule has 0 aliphatic carbocycles. The SMILES string of the molecule is C[C@H]1CNCCN1Cc1ccc(F)c(F)c1. The second-order valence-corrected chi connectivity index (χ2v) is 4.27. The molecule has 0 saturated carbocycles. The minimum Gasteiger partial charge on any atom is -0.314 e. The maximum absolute atomic E-state index is 13.0. The van der Waals surface area contributed by atoms with Crippen molar-refractivity contribution in [2.75, 3.05) is 19.6 Å². The minimum absolute atomic E-state index is 0.432. The van der Waals surface area contributed by atoms with Gasteiger partial charge in [-0.05, 0) is 24.6 Å². The van der Waals surface area contributed by atoms with Crippen LogP contribution in [0, 0.1) is 11.6 Å². The first-order valence-electron chi connectivity index (χ1n) is 5.55. The van der Waals surface area contributed by atoms with Crippen LogP contribution in [0.1, 0.15) is 12.5 Å². The molecule has 1 atom stereocenters. The molecule has 0 amide bonds. The van der Waals surface area contributed by atoms with E-state index in [4.69, 9.17) is 0 Å². The van der Waals surface area contributed by atoms with Gasteiger partial charge in [0.05, 0.1) is 0 Å². The summed E-state index contributed by atoms with van der Waals surface area (Å²) >= 11 is 0. The van der Waals surface area contributed by atoms with E-state index in [0.29, 0.717) is 12.6 Å². The highest BCUT2D eigenvalue weighted by Gasteiger charge is 2.18. The molecule has 1 heterocycles. The van der Waals surface area contributed by atoms with Crippen molar-refractivity contribution >= 4 is 0 Å². The maximum atomic E-state index is 13.0. The lowest BCUT2D eigenvalue weighted by Crippen LogP contribution is -2.49. The van der Waals surface area contributed by atoms with Crippen molar-refractivity contribution in [1.82, 2.24) is 10.2 Å². The van der Waals surface area contributed by atoms with Gasteiger partial charge in [-0.1, -0.05) is 6.07 Å². The van der Waals surface area contributed by atoms with E-state index in [0.717, 1.165) is 25.2 Å². The Kier molecular flexibility index (Phi) is 3.51. The van der Waals surface area contributed by atoms with Crippen molar-refractivity contribution < 1.29 is 8.78 Å². The van der Waals surface area contributed by atoms with Crippen LogP contribution in [0.25, 0.3) is 0 Å². The third kappa shape index (κ3) is 2.57. The summed E-state index contributed by atoms with van der Waals surface area (Å²) in [5, 5.41) is 3.30. The standard InChI is InChI=1S/C12H16F2N2/c1-9-7-15-4-5-16(9)8-10-2-3-11(13)12(14)6-10/h2-3,6,9,15H,4-5,7-8H2,1H3/t9-/m0/s1. The van der Waals surface area contributed by atoms with Gasteiger partial charge >= 0.3 is 0 Å². The van der Waals surface area contributed by atoms with Crippen LogP contribution in [-0.4, -0.2) is 30.6 Å². The Hall–Kier alpha value is -1.00. The van der Waals surface area contributed by atoms with E-state index < -0.39 is 11.6 Å². The van der Waals surface area contributed by atoms with Gasteiger partial charge in [0.1, 0.15) is 0 Å². The summed E-state index contributed by atoms with van der Waals surface area (Å²) in [7, 11) is 0. The predicted octanol–water partition coefficient (Wildman–Crippen LogP) is 1.76. The van der Waals surface area contributed by atoms with Crippen LogP contribution in [0.5, 0.6) is 0 Å². The number of rotatable bonds is 2. The van der Waals surface area contributed by atoms with E-state index in [1.165, 1.54) is 12.1 Å². The summed E-state index contributed by atoms with van der Waals surface area (Å²) in [5.74, 6) is -1.54. The highest BCUT2D eigenvalue weighted by molar-refractivity contribution is 5.17. The van der Waals surface area contributed by atoms with Crippen LogP contribution in [0.4, 0.5) is 8.78 Å². The first kappa shape index (κ1) is 11.5. The van der Waals surface area contributed by atoms with E-state index >= 15 is 0 Å². The third-order valence-electron chi connectivity index (χ3n) is 3.01. The zero-order valence-electron chi connectivity index (χ0n) is 9.34. The Bertz CT molecular complexity index is 368. The molecule has 16 heavy (non-hydrogen) atoms. The molecule has 2 rings (SSSR count). The topological polar surface area (TPSA) is 15.3 Å². The second-order valence-electron chi connectivity index (χ2n) is 4.27. The van der Waals surface area contributed by atoms with E-state index in [9.17, 15) is 8.78 Å². The first-order valence-corrected chi connectivity index (χ1v) is 5.55. The summed E-state index contributed by atoms with van der Waals surface area (Å²) in [6.07, 6.45) is 0. The number of hydrogen-bond donors (Lipinski definition) is 1. The molecule has 88 valence electrons. The lowest BCUT2D eigenvalue weighted by molar-refractivity contribution is 0.165. The molecular formula is C12H16F2N2. The Morgan fingerprint density at radius 1 is 1.38 bits per heavy atom. The Morgan fingerprint density at radius 2 is 2.19 bits per heavy atom. The summed E-state index contributed by atoms with van der Waals surface area (Å²) in [4.78, 5) is 2.27.